The van der Waals surface area contributed by atoms with Crippen LogP contribution in [0.25, 0.3) is 0 Å². The summed E-state index contributed by atoms with van der Waals surface area (Å²) in [5, 5.41) is 10.7. The van der Waals surface area contributed by atoms with Crippen molar-refractivity contribution >= 4 is 5.97 Å². The van der Waals surface area contributed by atoms with E-state index in [1.54, 1.807) is 24.3 Å². The van der Waals surface area contributed by atoms with Crippen molar-refractivity contribution < 1.29 is 19.4 Å². The quantitative estimate of drug-likeness (QED) is 0.676. The van der Waals surface area contributed by atoms with E-state index in [9.17, 15) is 9.90 Å². The van der Waals surface area contributed by atoms with Gasteiger partial charge in [-0.15, -0.1) is 0 Å². The molecule has 0 radical (unpaired) electrons. The van der Waals surface area contributed by atoms with Crippen molar-refractivity contribution in [2.24, 2.45) is 0 Å². The van der Waals surface area contributed by atoms with Crippen LogP contribution >= 0.6 is 0 Å². The third-order valence-corrected chi connectivity index (χ3v) is 6.23. The first-order valence-corrected chi connectivity index (χ1v) is 10.9. The summed E-state index contributed by atoms with van der Waals surface area (Å²) in [5.74, 6) is 0.302. The van der Waals surface area contributed by atoms with Crippen LogP contribution in [-0.2, 0) is 4.74 Å². The van der Waals surface area contributed by atoms with Crippen LogP contribution in [0.5, 0.6) is 5.75 Å². The van der Waals surface area contributed by atoms with Crippen molar-refractivity contribution in [3.8, 4) is 5.75 Å². The molecule has 1 aromatic carbocycles. The Morgan fingerprint density at radius 1 is 1.00 bits per heavy atom. The number of benzene rings is 1. The molecule has 5 nitrogen and oxygen atoms in total. The van der Waals surface area contributed by atoms with E-state index in [-0.39, 0.29) is 12.6 Å². The second kappa shape index (κ2) is 10.8. The summed E-state index contributed by atoms with van der Waals surface area (Å²) >= 11 is 0. The van der Waals surface area contributed by atoms with Crippen LogP contribution in [0.4, 0.5) is 0 Å². The Balaban J connectivity index is 1.53. The summed E-state index contributed by atoms with van der Waals surface area (Å²) in [4.78, 5) is 14.1. The zero-order valence-electron chi connectivity index (χ0n) is 17.1. The fourth-order valence-corrected chi connectivity index (χ4v) is 4.72. The van der Waals surface area contributed by atoms with E-state index in [4.69, 9.17) is 9.47 Å². The van der Waals surface area contributed by atoms with Gasteiger partial charge in [0.15, 0.2) is 0 Å². The Morgan fingerprint density at radius 2 is 1.54 bits per heavy atom. The maximum atomic E-state index is 11.5. The fourth-order valence-electron chi connectivity index (χ4n) is 4.72. The monoisotopic (exact) mass is 389 g/mol. The minimum absolute atomic E-state index is 0.271. The molecular formula is C23H35NO4. The standard InChI is InChI=1S/C23H35NO4/c1-27-23(26)18-12-14-22(15-13-18)28-17-21(25)16-24(19-8-4-2-5-9-19)20-10-6-3-7-11-20/h12-15,19-21,25H,2-11,16-17H2,1H3. The maximum Gasteiger partial charge on any atom is 0.337 e. The zero-order valence-corrected chi connectivity index (χ0v) is 17.1. The molecule has 0 heterocycles. The highest BCUT2D eigenvalue weighted by atomic mass is 16.5. The number of nitrogens with zero attached hydrogens (tertiary/aromatic N) is 1. The van der Waals surface area contributed by atoms with Crippen molar-refractivity contribution in [2.75, 3.05) is 20.3 Å². The molecule has 2 fully saturated rings. The molecule has 0 bridgehead atoms. The molecule has 156 valence electrons. The first-order valence-electron chi connectivity index (χ1n) is 10.9. The van der Waals surface area contributed by atoms with Crippen LogP contribution in [0.2, 0.25) is 0 Å². The average Bonchev–Trinajstić information content (AvgIpc) is 2.77. The number of esters is 1. The van der Waals surface area contributed by atoms with Gasteiger partial charge in [-0.2, -0.15) is 0 Å². The third kappa shape index (κ3) is 5.95. The maximum absolute atomic E-state index is 11.5. The molecule has 1 N–H and O–H groups in total. The molecule has 1 unspecified atom stereocenters. The topological polar surface area (TPSA) is 59.0 Å². The Labute approximate surface area is 169 Å². The first kappa shape index (κ1) is 21.1. The summed E-state index contributed by atoms with van der Waals surface area (Å²) in [5.41, 5.74) is 0.496. The molecule has 1 aromatic rings. The molecule has 3 rings (SSSR count). The summed E-state index contributed by atoms with van der Waals surface area (Å²) in [6.07, 6.45) is 12.5. The van der Waals surface area contributed by atoms with Gasteiger partial charge in [-0.1, -0.05) is 38.5 Å². The number of carbonyl (C=O) groups is 1. The smallest absolute Gasteiger partial charge is 0.337 e. The van der Waals surface area contributed by atoms with Crippen LogP contribution in [-0.4, -0.2) is 54.4 Å². The van der Waals surface area contributed by atoms with E-state index < -0.39 is 6.10 Å². The molecule has 28 heavy (non-hydrogen) atoms. The van der Waals surface area contributed by atoms with Gasteiger partial charge in [0, 0.05) is 18.6 Å². The van der Waals surface area contributed by atoms with Crippen LogP contribution in [0.1, 0.15) is 74.6 Å². The van der Waals surface area contributed by atoms with Crippen LogP contribution in [0.3, 0.4) is 0 Å². The van der Waals surface area contributed by atoms with Crippen molar-refractivity contribution in [3.63, 3.8) is 0 Å². The number of aliphatic hydroxyl groups is 1. The second-order valence-electron chi connectivity index (χ2n) is 8.26. The van der Waals surface area contributed by atoms with Crippen LogP contribution in [0.15, 0.2) is 24.3 Å². The molecular weight excluding hydrogens is 354 g/mol. The first-order chi connectivity index (χ1) is 13.7. The predicted molar refractivity (Wildman–Crippen MR) is 110 cm³/mol. The van der Waals surface area contributed by atoms with Gasteiger partial charge in [0.05, 0.1) is 12.7 Å². The molecule has 0 spiro atoms. The molecule has 0 aliphatic heterocycles. The van der Waals surface area contributed by atoms with Gasteiger partial charge in [0.1, 0.15) is 18.5 Å². The number of methoxy groups -OCH3 is 1. The van der Waals surface area contributed by atoms with Gasteiger partial charge >= 0.3 is 5.97 Å². The normalized spacial score (nSPS) is 20.1. The highest BCUT2D eigenvalue weighted by Gasteiger charge is 2.30. The lowest BCUT2D eigenvalue weighted by Gasteiger charge is -2.42. The van der Waals surface area contributed by atoms with Crippen molar-refractivity contribution in [2.45, 2.75) is 82.4 Å². The minimum atomic E-state index is -0.510. The largest absolute Gasteiger partial charge is 0.491 e. The third-order valence-electron chi connectivity index (χ3n) is 6.23. The lowest BCUT2D eigenvalue weighted by molar-refractivity contribution is 0.0117. The highest BCUT2D eigenvalue weighted by Crippen LogP contribution is 2.30. The highest BCUT2D eigenvalue weighted by molar-refractivity contribution is 5.89. The van der Waals surface area contributed by atoms with E-state index in [2.05, 4.69) is 4.90 Å². The lowest BCUT2D eigenvalue weighted by Crippen LogP contribution is -2.49. The van der Waals surface area contributed by atoms with Gasteiger partial charge in [0.25, 0.3) is 0 Å². The number of hydrogen-bond donors (Lipinski definition) is 1. The molecule has 0 amide bonds. The molecule has 0 saturated heterocycles. The van der Waals surface area contributed by atoms with Gasteiger partial charge in [-0.25, -0.2) is 4.79 Å². The van der Waals surface area contributed by atoms with Crippen molar-refractivity contribution in [1.29, 1.82) is 0 Å². The van der Waals surface area contributed by atoms with Crippen LogP contribution < -0.4 is 4.74 Å². The number of hydrogen-bond acceptors (Lipinski definition) is 5. The Kier molecular flexibility index (Phi) is 8.16. The molecule has 2 saturated carbocycles. The fraction of sp³-hybridized carbons (Fsp3) is 0.696. The van der Waals surface area contributed by atoms with Gasteiger partial charge in [-0.05, 0) is 49.9 Å². The molecule has 0 aromatic heterocycles. The molecule has 2 aliphatic carbocycles. The van der Waals surface area contributed by atoms with E-state index in [1.807, 2.05) is 0 Å². The molecule has 1 atom stereocenters. The number of aliphatic hydroxyl groups excluding tert-OH is 1. The zero-order chi connectivity index (χ0) is 19.8. The van der Waals surface area contributed by atoms with Gasteiger partial charge in [-0.3, -0.25) is 4.90 Å². The lowest BCUT2D eigenvalue weighted by atomic mass is 9.88. The average molecular weight is 390 g/mol. The second-order valence-corrected chi connectivity index (χ2v) is 8.26. The number of rotatable bonds is 8. The Bertz CT molecular complexity index is 573. The summed E-state index contributed by atoms with van der Waals surface area (Å²) in [6.45, 7) is 0.961. The van der Waals surface area contributed by atoms with E-state index >= 15 is 0 Å². The van der Waals surface area contributed by atoms with E-state index in [0.717, 1.165) is 0 Å². The van der Waals surface area contributed by atoms with E-state index in [1.165, 1.54) is 71.3 Å². The number of carbonyl (C=O) groups excluding carboxylic acids is 1. The summed E-state index contributed by atoms with van der Waals surface area (Å²) < 4.78 is 10.5. The van der Waals surface area contributed by atoms with Crippen LogP contribution in [0, 0.1) is 0 Å². The number of ether oxygens (including phenoxy) is 2. The summed E-state index contributed by atoms with van der Waals surface area (Å²) in [6, 6.07) is 8.10. The van der Waals surface area contributed by atoms with Gasteiger partial charge < -0.3 is 14.6 Å². The van der Waals surface area contributed by atoms with Crippen molar-refractivity contribution in [3.05, 3.63) is 29.8 Å². The molecule has 2 aliphatic rings. The predicted octanol–water partition coefficient (Wildman–Crippen LogP) is 4.18. The molecule has 5 heteroatoms. The summed E-state index contributed by atoms with van der Waals surface area (Å²) in [7, 11) is 1.37. The SMILES string of the molecule is COC(=O)c1ccc(OCC(O)CN(C2CCCCC2)C2CCCCC2)cc1. The minimum Gasteiger partial charge on any atom is -0.491 e. The Hall–Kier alpha value is -1.59. The Morgan fingerprint density at radius 3 is 2.04 bits per heavy atom. The van der Waals surface area contributed by atoms with Crippen molar-refractivity contribution in [1.82, 2.24) is 4.90 Å². The van der Waals surface area contributed by atoms with Gasteiger partial charge in [0.2, 0.25) is 0 Å². The van der Waals surface area contributed by atoms with E-state index in [0.29, 0.717) is 29.9 Å².